The molecule has 0 fully saturated rings. The first kappa shape index (κ1) is 22.9. The van der Waals surface area contributed by atoms with E-state index < -0.39 is 4.92 Å². The maximum Gasteiger partial charge on any atom is 0.269 e. The van der Waals surface area contributed by atoms with Crippen molar-refractivity contribution in [3.8, 4) is 17.1 Å². The van der Waals surface area contributed by atoms with E-state index in [9.17, 15) is 14.9 Å². The molecule has 1 aliphatic rings. The van der Waals surface area contributed by atoms with Gasteiger partial charge in [-0.1, -0.05) is 36.4 Å². The minimum atomic E-state index is -0.445. The lowest BCUT2D eigenvalue weighted by atomic mass is 10.1. The fourth-order valence-corrected chi connectivity index (χ4v) is 4.06. The molecule has 3 aromatic carbocycles. The summed E-state index contributed by atoms with van der Waals surface area (Å²) in [4.78, 5) is 25.7. The summed E-state index contributed by atoms with van der Waals surface area (Å²) in [5, 5.41) is 10.9. The van der Waals surface area contributed by atoms with E-state index in [0.29, 0.717) is 40.7 Å². The molecule has 178 valence electrons. The molecule has 0 saturated heterocycles. The number of anilines is 1. The third-order valence-electron chi connectivity index (χ3n) is 5.73. The van der Waals surface area contributed by atoms with E-state index in [-0.39, 0.29) is 11.6 Å². The first-order valence-electron chi connectivity index (χ1n) is 11.4. The molecule has 0 radical (unpaired) electrons. The predicted octanol–water partition coefficient (Wildman–Crippen LogP) is 6.72. The van der Waals surface area contributed by atoms with Crippen LogP contribution in [0.5, 0.6) is 5.75 Å². The lowest BCUT2D eigenvalue weighted by Crippen LogP contribution is -2.24. The van der Waals surface area contributed by atoms with Gasteiger partial charge in [0.05, 0.1) is 22.9 Å². The van der Waals surface area contributed by atoms with Gasteiger partial charge in [0.1, 0.15) is 17.3 Å². The Morgan fingerprint density at radius 1 is 0.944 bits per heavy atom. The lowest BCUT2D eigenvalue weighted by Gasteiger charge is -2.21. The van der Waals surface area contributed by atoms with E-state index in [1.54, 1.807) is 35.2 Å². The van der Waals surface area contributed by atoms with Crippen molar-refractivity contribution >= 4 is 29.1 Å². The van der Waals surface area contributed by atoms with Gasteiger partial charge in [0.25, 0.3) is 11.6 Å². The maximum absolute atomic E-state index is 13.6. The summed E-state index contributed by atoms with van der Waals surface area (Å²) in [5.74, 6) is 1.55. The monoisotopic (exact) mass is 478 g/mol. The van der Waals surface area contributed by atoms with Gasteiger partial charge in [0.2, 0.25) is 0 Å². The predicted molar refractivity (Wildman–Crippen MR) is 138 cm³/mol. The molecular weight excluding hydrogens is 456 g/mol. The van der Waals surface area contributed by atoms with E-state index in [1.165, 1.54) is 12.1 Å². The Hall–Kier alpha value is -4.91. The smallest absolute Gasteiger partial charge is 0.269 e. The molecule has 1 aliphatic heterocycles. The normalized spacial score (nSPS) is 14.2. The summed E-state index contributed by atoms with van der Waals surface area (Å²) < 4.78 is 11.6. The number of hydrogen-bond donors (Lipinski definition) is 0. The number of nitro groups is 1. The van der Waals surface area contributed by atoms with Crippen molar-refractivity contribution in [3.05, 3.63) is 124 Å². The number of nitro benzene ring substituents is 1. The number of hydrogen-bond acceptors (Lipinski definition) is 5. The zero-order chi connectivity index (χ0) is 25.1. The van der Waals surface area contributed by atoms with E-state index in [2.05, 4.69) is 0 Å². The number of amides is 1. The van der Waals surface area contributed by atoms with Crippen LogP contribution in [0.1, 0.15) is 18.2 Å². The van der Waals surface area contributed by atoms with Crippen LogP contribution >= 0.6 is 0 Å². The second kappa shape index (κ2) is 9.76. The Labute approximate surface area is 207 Å². The molecular formula is C29H22N2O5. The minimum Gasteiger partial charge on any atom is -0.494 e. The largest absolute Gasteiger partial charge is 0.494 e. The Balaban J connectivity index is 1.50. The number of nitrogens with zero attached hydrogens (tertiary/aromatic N) is 2. The molecule has 0 saturated carbocycles. The van der Waals surface area contributed by atoms with E-state index in [0.717, 1.165) is 11.3 Å². The van der Waals surface area contributed by atoms with Crippen LogP contribution in [0, 0.1) is 10.1 Å². The number of furan rings is 1. The Morgan fingerprint density at radius 2 is 1.72 bits per heavy atom. The van der Waals surface area contributed by atoms with Crippen molar-refractivity contribution in [1.29, 1.82) is 0 Å². The highest BCUT2D eigenvalue weighted by Crippen LogP contribution is 2.37. The van der Waals surface area contributed by atoms with Crippen LogP contribution in [-0.4, -0.2) is 17.4 Å². The Morgan fingerprint density at radius 3 is 2.44 bits per heavy atom. The number of benzene rings is 3. The van der Waals surface area contributed by atoms with Gasteiger partial charge >= 0.3 is 0 Å². The molecule has 0 spiro atoms. The van der Waals surface area contributed by atoms with Gasteiger partial charge in [-0.05, 0) is 61.0 Å². The molecule has 0 N–H and O–H groups in total. The molecule has 0 atom stereocenters. The van der Waals surface area contributed by atoms with Crippen molar-refractivity contribution in [2.24, 2.45) is 0 Å². The van der Waals surface area contributed by atoms with E-state index in [1.807, 2.05) is 67.6 Å². The summed E-state index contributed by atoms with van der Waals surface area (Å²) >= 11 is 0. The van der Waals surface area contributed by atoms with Crippen molar-refractivity contribution in [3.63, 3.8) is 0 Å². The van der Waals surface area contributed by atoms with Gasteiger partial charge < -0.3 is 9.15 Å². The highest BCUT2D eigenvalue weighted by molar-refractivity contribution is 6.23. The number of non-ortho nitro benzene ring substituents is 1. The van der Waals surface area contributed by atoms with Crippen molar-refractivity contribution in [1.82, 2.24) is 0 Å². The Bertz CT molecular complexity index is 1480. The van der Waals surface area contributed by atoms with E-state index in [4.69, 9.17) is 9.15 Å². The highest BCUT2D eigenvalue weighted by Gasteiger charge is 2.31. The molecule has 0 bridgehead atoms. The van der Waals surface area contributed by atoms with Gasteiger partial charge in [0.15, 0.2) is 0 Å². The lowest BCUT2D eigenvalue weighted by molar-refractivity contribution is -0.384. The van der Waals surface area contributed by atoms with Crippen LogP contribution in [0.3, 0.4) is 0 Å². The fraction of sp³-hybridized carbons (Fsp3) is 0.0690. The average molecular weight is 479 g/mol. The van der Waals surface area contributed by atoms with Gasteiger partial charge in [0, 0.05) is 29.3 Å². The van der Waals surface area contributed by atoms with E-state index >= 15 is 0 Å². The zero-order valence-electron chi connectivity index (χ0n) is 19.5. The summed E-state index contributed by atoms with van der Waals surface area (Å²) in [6.07, 6.45) is 3.55. The third kappa shape index (κ3) is 4.54. The summed E-state index contributed by atoms with van der Waals surface area (Å²) in [7, 11) is 0. The number of carbonyl (C=O) groups excluding carboxylic acids is 1. The van der Waals surface area contributed by atoms with Crippen LogP contribution < -0.4 is 9.64 Å². The van der Waals surface area contributed by atoms with Crippen molar-refractivity contribution in [2.75, 3.05) is 11.5 Å². The number of rotatable bonds is 7. The molecule has 7 nitrogen and oxygen atoms in total. The third-order valence-corrected chi connectivity index (χ3v) is 5.73. The van der Waals surface area contributed by atoms with Gasteiger partial charge in [-0.2, -0.15) is 0 Å². The maximum atomic E-state index is 13.6. The molecule has 1 amide bonds. The molecule has 36 heavy (non-hydrogen) atoms. The topological polar surface area (TPSA) is 85.8 Å². The van der Waals surface area contributed by atoms with Crippen LogP contribution in [0.2, 0.25) is 0 Å². The molecule has 2 heterocycles. The van der Waals surface area contributed by atoms with Gasteiger partial charge in [-0.25, -0.2) is 0 Å². The van der Waals surface area contributed by atoms with Crippen molar-refractivity contribution in [2.45, 2.75) is 6.92 Å². The highest BCUT2D eigenvalue weighted by atomic mass is 16.6. The molecule has 4 aromatic rings. The number of carbonyl (C=O) groups is 1. The first-order valence-corrected chi connectivity index (χ1v) is 11.4. The van der Waals surface area contributed by atoms with Gasteiger partial charge in [-0.15, -0.1) is 0 Å². The van der Waals surface area contributed by atoms with Crippen LogP contribution in [0.15, 0.2) is 107 Å². The molecule has 1 aromatic heterocycles. The van der Waals surface area contributed by atoms with Crippen LogP contribution in [0.25, 0.3) is 23.1 Å². The van der Waals surface area contributed by atoms with Crippen LogP contribution in [-0.2, 0) is 4.79 Å². The fourth-order valence-electron chi connectivity index (χ4n) is 4.06. The quantitative estimate of drug-likeness (QED) is 0.167. The second-order valence-electron chi connectivity index (χ2n) is 8.07. The average Bonchev–Trinajstić information content (AvgIpc) is 3.50. The molecule has 7 heteroatoms. The Kier molecular flexibility index (Phi) is 6.19. The molecule has 0 unspecified atom stereocenters. The van der Waals surface area contributed by atoms with Gasteiger partial charge in [-0.3, -0.25) is 19.8 Å². The van der Waals surface area contributed by atoms with Crippen molar-refractivity contribution < 1.29 is 18.9 Å². The SMILES string of the molecule is CCOc1cccc(N2C(=O)/C(=C/c3ccc(-c4ccc([N+](=O)[O-])cc4)o3)C=C2c2ccccc2)c1. The summed E-state index contributed by atoms with van der Waals surface area (Å²) in [6, 6.07) is 26.8. The minimum absolute atomic E-state index is 0.0104. The standard InChI is InChI=1S/C29H22N2O5/c1-2-35-25-10-6-9-24(19-25)30-27(20-7-4-3-5-8-20)18-22(29(30)32)17-26-15-16-28(36-26)21-11-13-23(14-12-21)31(33)34/h3-19H,2H2,1H3/b22-17+. The zero-order valence-corrected chi connectivity index (χ0v) is 19.5. The first-order chi connectivity index (χ1) is 17.5. The number of ether oxygens (including phenoxy) is 1. The second-order valence-corrected chi connectivity index (χ2v) is 8.07. The summed E-state index contributed by atoms with van der Waals surface area (Å²) in [6.45, 7) is 2.44. The van der Waals surface area contributed by atoms with Crippen LogP contribution in [0.4, 0.5) is 11.4 Å². The summed E-state index contributed by atoms with van der Waals surface area (Å²) in [5.41, 5.74) is 3.55. The molecule has 5 rings (SSSR count). The molecule has 0 aliphatic carbocycles.